The van der Waals surface area contributed by atoms with Gasteiger partial charge in [0, 0.05) is 14.3 Å². The van der Waals surface area contributed by atoms with E-state index in [-0.39, 0.29) is 0 Å². The van der Waals surface area contributed by atoms with E-state index in [1.165, 1.54) is 9.79 Å². The normalized spacial score (nSPS) is 12.4. The molecule has 0 amide bonds. The van der Waals surface area contributed by atoms with Crippen molar-refractivity contribution in [2.75, 3.05) is 0 Å². The molecule has 0 aliphatic rings. The third-order valence-electron chi connectivity index (χ3n) is 2.43. The highest BCUT2D eigenvalue weighted by Crippen LogP contribution is 2.33. The summed E-state index contributed by atoms with van der Waals surface area (Å²) in [5.41, 5.74) is 0.946. The molecule has 2 aromatic carbocycles. The van der Waals surface area contributed by atoms with Crippen LogP contribution in [0.1, 0.15) is 18.6 Å². The molecule has 0 saturated heterocycles. The molecule has 0 aliphatic carbocycles. The number of hydrogen-bond donors (Lipinski definition) is 1. The fourth-order valence-electron chi connectivity index (χ4n) is 1.47. The molecule has 0 aliphatic heterocycles. The molecule has 1 N–H and O–H groups in total. The Labute approximate surface area is 114 Å². The van der Waals surface area contributed by atoms with Crippen LogP contribution in [0.15, 0.2) is 62.8 Å². The van der Waals surface area contributed by atoms with E-state index in [9.17, 15) is 5.11 Å². The van der Waals surface area contributed by atoms with E-state index in [0.717, 1.165) is 10.0 Å². The van der Waals surface area contributed by atoms with Crippen LogP contribution in [-0.2, 0) is 0 Å². The van der Waals surface area contributed by atoms with Crippen molar-refractivity contribution in [1.82, 2.24) is 0 Å². The second-order valence-electron chi connectivity index (χ2n) is 3.78. The van der Waals surface area contributed by atoms with Crippen LogP contribution in [0.4, 0.5) is 0 Å². The zero-order valence-electron chi connectivity index (χ0n) is 9.43. The van der Waals surface area contributed by atoms with Gasteiger partial charge >= 0.3 is 0 Å². The van der Waals surface area contributed by atoms with Crippen molar-refractivity contribution < 1.29 is 5.11 Å². The highest BCUT2D eigenvalue weighted by atomic mass is 79.9. The van der Waals surface area contributed by atoms with Crippen molar-refractivity contribution in [3.05, 3.63) is 58.6 Å². The van der Waals surface area contributed by atoms with Crippen LogP contribution in [-0.4, -0.2) is 5.11 Å². The molecule has 2 aromatic rings. The largest absolute Gasteiger partial charge is 0.389 e. The molecule has 0 saturated carbocycles. The van der Waals surface area contributed by atoms with E-state index < -0.39 is 6.10 Å². The first kappa shape index (κ1) is 12.7. The second-order valence-corrected chi connectivity index (χ2v) is 5.75. The van der Waals surface area contributed by atoms with Gasteiger partial charge in [-0.15, -0.1) is 0 Å². The first-order valence-electron chi connectivity index (χ1n) is 5.37. The van der Waals surface area contributed by atoms with E-state index in [1.807, 2.05) is 42.5 Å². The lowest BCUT2D eigenvalue weighted by molar-refractivity contribution is 0.199. The summed E-state index contributed by atoms with van der Waals surface area (Å²) >= 11 is 5.24. The zero-order valence-corrected chi connectivity index (χ0v) is 11.8. The van der Waals surface area contributed by atoms with E-state index >= 15 is 0 Å². The maximum absolute atomic E-state index is 9.43. The lowest BCUT2D eigenvalue weighted by Crippen LogP contribution is -1.89. The summed E-state index contributed by atoms with van der Waals surface area (Å²) in [5, 5.41) is 9.43. The standard InChI is InChI=1S/C14H13BrOS/c1-10(16)11-6-8-12(9-7-11)17-14-5-3-2-4-13(14)15/h2-10,16H,1H3/t10-/m1/s1. The Morgan fingerprint density at radius 3 is 2.29 bits per heavy atom. The number of halogens is 1. The van der Waals surface area contributed by atoms with Crippen LogP contribution in [0.2, 0.25) is 0 Å². The van der Waals surface area contributed by atoms with Gasteiger partial charge in [0.2, 0.25) is 0 Å². The maximum Gasteiger partial charge on any atom is 0.0761 e. The number of aliphatic hydroxyl groups is 1. The number of aliphatic hydroxyl groups excluding tert-OH is 1. The molecule has 1 atom stereocenters. The number of rotatable bonds is 3. The molecule has 1 nitrogen and oxygen atoms in total. The monoisotopic (exact) mass is 308 g/mol. The van der Waals surface area contributed by atoms with Gasteiger partial charge in [0.05, 0.1) is 6.10 Å². The summed E-state index contributed by atoms with van der Waals surface area (Å²) in [6, 6.07) is 16.1. The molecule has 2 rings (SSSR count). The molecule has 88 valence electrons. The molecular formula is C14H13BrOS. The van der Waals surface area contributed by atoms with Gasteiger partial charge in [0.25, 0.3) is 0 Å². The van der Waals surface area contributed by atoms with Gasteiger partial charge in [-0.05, 0) is 52.7 Å². The summed E-state index contributed by atoms with van der Waals surface area (Å²) in [4.78, 5) is 2.36. The predicted molar refractivity (Wildman–Crippen MR) is 75.3 cm³/mol. The molecular weight excluding hydrogens is 296 g/mol. The SMILES string of the molecule is C[C@@H](O)c1ccc(Sc2ccccc2Br)cc1. The van der Waals surface area contributed by atoms with E-state index in [2.05, 4.69) is 22.0 Å². The quantitative estimate of drug-likeness (QED) is 0.890. The van der Waals surface area contributed by atoms with Crippen LogP contribution >= 0.6 is 27.7 Å². The fourth-order valence-corrected chi connectivity index (χ4v) is 2.83. The third-order valence-corrected chi connectivity index (χ3v) is 4.46. The molecule has 0 fully saturated rings. The minimum absolute atomic E-state index is 0.405. The topological polar surface area (TPSA) is 20.2 Å². The lowest BCUT2D eigenvalue weighted by Gasteiger charge is -2.07. The Bertz CT molecular complexity index is 494. The van der Waals surface area contributed by atoms with Crippen LogP contribution in [0.25, 0.3) is 0 Å². The highest BCUT2D eigenvalue weighted by molar-refractivity contribution is 9.10. The minimum atomic E-state index is -0.405. The molecule has 0 heterocycles. The molecule has 0 spiro atoms. The summed E-state index contributed by atoms with van der Waals surface area (Å²) in [7, 11) is 0. The summed E-state index contributed by atoms with van der Waals surface area (Å²) < 4.78 is 1.10. The van der Waals surface area contributed by atoms with Crippen molar-refractivity contribution in [1.29, 1.82) is 0 Å². The summed E-state index contributed by atoms with van der Waals surface area (Å²) in [5.74, 6) is 0. The summed E-state index contributed by atoms with van der Waals surface area (Å²) in [6.07, 6.45) is -0.405. The highest BCUT2D eigenvalue weighted by Gasteiger charge is 2.03. The van der Waals surface area contributed by atoms with Crippen LogP contribution in [0, 0.1) is 0 Å². The maximum atomic E-state index is 9.43. The predicted octanol–water partition coefficient (Wildman–Crippen LogP) is 4.65. The zero-order chi connectivity index (χ0) is 12.3. The van der Waals surface area contributed by atoms with Crippen LogP contribution in [0.3, 0.4) is 0 Å². The van der Waals surface area contributed by atoms with Gasteiger partial charge in [-0.3, -0.25) is 0 Å². The first-order chi connectivity index (χ1) is 8.16. The Morgan fingerprint density at radius 2 is 1.71 bits per heavy atom. The molecule has 0 aromatic heterocycles. The Kier molecular flexibility index (Phi) is 4.26. The van der Waals surface area contributed by atoms with Crippen molar-refractivity contribution >= 4 is 27.7 Å². The van der Waals surface area contributed by atoms with E-state index in [1.54, 1.807) is 18.7 Å². The number of hydrogen-bond acceptors (Lipinski definition) is 2. The fraction of sp³-hybridized carbons (Fsp3) is 0.143. The van der Waals surface area contributed by atoms with Gasteiger partial charge < -0.3 is 5.11 Å². The molecule has 3 heteroatoms. The van der Waals surface area contributed by atoms with E-state index in [4.69, 9.17) is 0 Å². The van der Waals surface area contributed by atoms with Gasteiger partial charge in [0.1, 0.15) is 0 Å². The van der Waals surface area contributed by atoms with Crippen molar-refractivity contribution in [3.63, 3.8) is 0 Å². The van der Waals surface area contributed by atoms with Gasteiger partial charge in [-0.25, -0.2) is 0 Å². The Morgan fingerprint density at radius 1 is 1.06 bits per heavy atom. The Hall–Kier alpha value is -0.770. The average Bonchev–Trinajstić information content (AvgIpc) is 2.33. The molecule has 17 heavy (non-hydrogen) atoms. The van der Waals surface area contributed by atoms with Crippen molar-refractivity contribution in [2.45, 2.75) is 22.8 Å². The van der Waals surface area contributed by atoms with E-state index in [0.29, 0.717) is 0 Å². The van der Waals surface area contributed by atoms with Gasteiger partial charge in [0.15, 0.2) is 0 Å². The minimum Gasteiger partial charge on any atom is -0.389 e. The van der Waals surface area contributed by atoms with Gasteiger partial charge in [-0.1, -0.05) is 36.0 Å². The molecule has 0 bridgehead atoms. The Balaban J connectivity index is 2.17. The van der Waals surface area contributed by atoms with Crippen molar-refractivity contribution in [3.8, 4) is 0 Å². The second kappa shape index (κ2) is 5.71. The van der Waals surface area contributed by atoms with Gasteiger partial charge in [-0.2, -0.15) is 0 Å². The third kappa shape index (κ3) is 3.35. The first-order valence-corrected chi connectivity index (χ1v) is 6.98. The molecule has 0 unspecified atom stereocenters. The smallest absolute Gasteiger partial charge is 0.0761 e. The van der Waals surface area contributed by atoms with Crippen LogP contribution in [0.5, 0.6) is 0 Å². The summed E-state index contributed by atoms with van der Waals surface area (Å²) in [6.45, 7) is 1.77. The average molecular weight is 309 g/mol. The van der Waals surface area contributed by atoms with Crippen LogP contribution < -0.4 is 0 Å². The number of benzene rings is 2. The molecule has 0 radical (unpaired) electrons. The van der Waals surface area contributed by atoms with Crippen molar-refractivity contribution in [2.24, 2.45) is 0 Å². The lowest BCUT2D eigenvalue weighted by atomic mass is 10.1.